The number of nitrogens with zero attached hydrogens (tertiary/aromatic N) is 4. The van der Waals surface area contributed by atoms with Gasteiger partial charge in [0, 0.05) is 26.7 Å². The normalized spacial score (nSPS) is 11.6. The summed E-state index contributed by atoms with van der Waals surface area (Å²) in [5, 5.41) is 8.13. The van der Waals surface area contributed by atoms with Gasteiger partial charge in [-0.3, -0.25) is 0 Å². The van der Waals surface area contributed by atoms with E-state index in [9.17, 15) is 0 Å². The first kappa shape index (κ1) is 17.5. The number of nitrogens with one attached hydrogen (secondary N) is 1. The Bertz CT molecular complexity index is 862. The summed E-state index contributed by atoms with van der Waals surface area (Å²) in [5.41, 5.74) is 4.47. The molecule has 0 aliphatic rings. The highest BCUT2D eigenvalue weighted by Crippen LogP contribution is 2.26. The molecule has 6 nitrogen and oxygen atoms in total. The molecule has 0 aliphatic carbocycles. The fourth-order valence-corrected chi connectivity index (χ4v) is 3.34. The Kier molecular flexibility index (Phi) is 5.08. The van der Waals surface area contributed by atoms with Gasteiger partial charge in [0.05, 0.1) is 29.4 Å². The van der Waals surface area contributed by atoms with E-state index in [-0.39, 0.29) is 0 Å². The van der Waals surface area contributed by atoms with Gasteiger partial charge in [-0.05, 0) is 25.0 Å². The van der Waals surface area contributed by atoms with Gasteiger partial charge >= 0.3 is 0 Å². The predicted octanol–water partition coefficient (Wildman–Crippen LogP) is 3.00. The lowest BCUT2D eigenvalue weighted by Gasteiger charge is -2.11. The summed E-state index contributed by atoms with van der Waals surface area (Å²) in [7, 11) is 3.63. The Morgan fingerprint density at radius 3 is 2.72 bits per heavy atom. The van der Waals surface area contributed by atoms with E-state index >= 15 is 0 Å². The van der Waals surface area contributed by atoms with Gasteiger partial charge in [0.1, 0.15) is 5.82 Å². The topological polar surface area (TPSA) is 56.9 Å². The summed E-state index contributed by atoms with van der Waals surface area (Å²) in [6.45, 7) is 8.86. The van der Waals surface area contributed by atoms with Crippen LogP contribution in [-0.2, 0) is 20.1 Å². The zero-order valence-corrected chi connectivity index (χ0v) is 15.7. The van der Waals surface area contributed by atoms with Crippen molar-refractivity contribution in [2.75, 3.05) is 13.7 Å². The Morgan fingerprint density at radius 1 is 1.24 bits per heavy atom. The third-order valence-electron chi connectivity index (χ3n) is 4.52. The van der Waals surface area contributed by atoms with Crippen LogP contribution in [0.25, 0.3) is 11.0 Å². The SMILES string of the molecule is COc1c(CNCCn2c(C)nc3ccccc32)c(C(C)C)nn1C. The van der Waals surface area contributed by atoms with E-state index in [4.69, 9.17) is 4.74 Å². The quantitative estimate of drug-likeness (QED) is 0.671. The van der Waals surface area contributed by atoms with Gasteiger partial charge in [0.2, 0.25) is 5.88 Å². The Labute approximate surface area is 148 Å². The molecular weight excluding hydrogens is 314 g/mol. The number of imidazole rings is 1. The van der Waals surface area contributed by atoms with E-state index in [1.165, 1.54) is 5.52 Å². The van der Waals surface area contributed by atoms with Crippen molar-refractivity contribution in [3.63, 3.8) is 0 Å². The molecule has 1 aromatic carbocycles. The Balaban J connectivity index is 1.68. The van der Waals surface area contributed by atoms with Gasteiger partial charge in [-0.2, -0.15) is 5.10 Å². The van der Waals surface area contributed by atoms with E-state index in [0.29, 0.717) is 5.92 Å². The summed E-state index contributed by atoms with van der Waals surface area (Å²) >= 11 is 0. The van der Waals surface area contributed by atoms with E-state index in [0.717, 1.165) is 48.1 Å². The zero-order chi connectivity index (χ0) is 18.0. The van der Waals surface area contributed by atoms with Crippen LogP contribution >= 0.6 is 0 Å². The van der Waals surface area contributed by atoms with E-state index in [2.05, 4.69) is 58.9 Å². The molecule has 2 heterocycles. The van der Waals surface area contributed by atoms with Crippen molar-refractivity contribution in [2.24, 2.45) is 7.05 Å². The summed E-state index contributed by atoms with van der Waals surface area (Å²) in [6.07, 6.45) is 0. The van der Waals surface area contributed by atoms with Gasteiger partial charge in [0.25, 0.3) is 0 Å². The largest absolute Gasteiger partial charge is 0.481 e. The van der Waals surface area contributed by atoms with E-state index in [1.54, 1.807) is 7.11 Å². The van der Waals surface area contributed by atoms with Crippen LogP contribution in [0.3, 0.4) is 0 Å². The lowest BCUT2D eigenvalue weighted by atomic mass is 10.1. The number of aromatic nitrogens is 4. The second kappa shape index (κ2) is 7.27. The molecule has 0 saturated carbocycles. The van der Waals surface area contributed by atoms with Gasteiger partial charge in [-0.15, -0.1) is 0 Å². The summed E-state index contributed by atoms with van der Waals surface area (Å²) in [4.78, 5) is 4.62. The molecule has 6 heteroatoms. The van der Waals surface area contributed by atoms with Crippen molar-refractivity contribution in [1.82, 2.24) is 24.6 Å². The average Bonchev–Trinajstić information content (AvgIpc) is 3.08. The van der Waals surface area contributed by atoms with Crippen LogP contribution in [0.4, 0.5) is 0 Å². The monoisotopic (exact) mass is 341 g/mol. The van der Waals surface area contributed by atoms with Crippen molar-refractivity contribution in [3.05, 3.63) is 41.3 Å². The molecule has 1 N–H and O–H groups in total. The highest BCUT2D eigenvalue weighted by atomic mass is 16.5. The lowest BCUT2D eigenvalue weighted by Crippen LogP contribution is -2.21. The van der Waals surface area contributed by atoms with Crippen LogP contribution in [0.1, 0.15) is 36.8 Å². The Morgan fingerprint density at radius 2 is 2.00 bits per heavy atom. The van der Waals surface area contributed by atoms with Crippen LogP contribution in [0.2, 0.25) is 0 Å². The third-order valence-corrected chi connectivity index (χ3v) is 4.52. The van der Waals surface area contributed by atoms with Crippen molar-refractivity contribution < 1.29 is 4.74 Å². The zero-order valence-electron chi connectivity index (χ0n) is 15.7. The maximum atomic E-state index is 5.53. The minimum Gasteiger partial charge on any atom is -0.481 e. The highest BCUT2D eigenvalue weighted by Gasteiger charge is 2.18. The number of para-hydroxylation sites is 2. The number of methoxy groups -OCH3 is 1. The number of hydrogen-bond acceptors (Lipinski definition) is 4. The van der Waals surface area contributed by atoms with Crippen molar-refractivity contribution >= 4 is 11.0 Å². The van der Waals surface area contributed by atoms with Crippen LogP contribution in [0.5, 0.6) is 5.88 Å². The second-order valence-corrected chi connectivity index (χ2v) is 6.63. The number of rotatable bonds is 7. The fourth-order valence-electron chi connectivity index (χ4n) is 3.34. The first-order valence-electron chi connectivity index (χ1n) is 8.75. The highest BCUT2D eigenvalue weighted by molar-refractivity contribution is 5.75. The predicted molar refractivity (Wildman–Crippen MR) is 100 cm³/mol. The molecule has 0 amide bonds. The van der Waals surface area contributed by atoms with Crippen molar-refractivity contribution in [2.45, 2.75) is 39.8 Å². The van der Waals surface area contributed by atoms with Gasteiger partial charge < -0.3 is 14.6 Å². The molecule has 25 heavy (non-hydrogen) atoms. The number of ether oxygens (including phenoxy) is 1. The molecule has 3 rings (SSSR count). The summed E-state index contributed by atoms with van der Waals surface area (Å²) < 4.78 is 9.61. The van der Waals surface area contributed by atoms with E-state index < -0.39 is 0 Å². The van der Waals surface area contributed by atoms with Gasteiger partial charge in [-0.25, -0.2) is 9.67 Å². The third kappa shape index (κ3) is 3.39. The van der Waals surface area contributed by atoms with Crippen LogP contribution in [-0.4, -0.2) is 33.0 Å². The van der Waals surface area contributed by atoms with Crippen molar-refractivity contribution in [1.29, 1.82) is 0 Å². The van der Waals surface area contributed by atoms with Crippen LogP contribution in [0, 0.1) is 6.92 Å². The number of benzene rings is 1. The van der Waals surface area contributed by atoms with Gasteiger partial charge in [-0.1, -0.05) is 26.0 Å². The minimum atomic E-state index is 0.367. The summed E-state index contributed by atoms with van der Waals surface area (Å²) in [6, 6.07) is 8.26. The fraction of sp³-hybridized carbons (Fsp3) is 0.474. The minimum absolute atomic E-state index is 0.367. The molecule has 0 radical (unpaired) electrons. The van der Waals surface area contributed by atoms with Crippen molar-refractivity contribution in [3.8, 4) is 5.88 Å². The molecule has 134 valence electrons. The molecule has 0 aliphatic heterocycles. The molecular formula is C19H27N5O. The first-order chi connectivity index (χ1) is 12.0. The number of fused-ring (bicyclic) bond motifs is 1. The first-order valence-corrected chi connectivity index (χ1v) is 8.75. The molecule has 0 atom stereocenters. The molecule has 0 fully saturated rings. The number of hydrogen-bond donors (Lipinski definition) is 1. The smallest absolute Gasteiger partial charge is 0.216 e. The molecule has 0 spiro atoms. The van der Waals surface area contributed by atoms with E-state index in [1.807, 2.05) is 17.8 Å². The molecule has 0 saturated heterocycles. The van der Waals surface area contributed by atoms with Crippen LogP contribution < -0.4 is 10.1 Å². The molecule has 0 bridgehead atoms. The molecule has 2 aromatic heterocycles. The molecule has 0 unspecified atom stereocenters. The number of aryl methyl sites for hydroxylation is 2. The lowest BCUT2D eigenvalue weighted by molar-refractivity contribution is 0.368. The summed E-state index contributed by atoms with van der Waals surface area (Å²) in [5.74, 6) is 2.25. The maximum Gasteiger partial charge on any atom is 0.216 e. The molecule has 3 aromatic rings. The Hall–Kier alpha value is -2.34. The second-order valence-electron chi connectivity index (χ2n) is 6.63. The van der Waals surface area contributed by atoms with Crippen LogP contribution in [0.15, 0.2) is 24.3 Å². The van der Waals surface area contributed by atoms with Gasteiger partial charge in [0.15, 0.2) is 0 Å². The maximum absolute atomic E-state index is 5.53. The standard InChI is InChI=1S/C19H27N5O/c1-13(2)18-15(19(25-5)23(4)22-18)12-20-10-11-24-14(3)21-16-8-6-7-9-17(16)24/h6-9,13,20H,10-12H2,1-5H3. The average molecular weight is 341 g/mol.